The lowest BCUT2D eigenvalue weighted by molar-refractivity contribution is -0.384. The summed E-state index contributed by atoms with van der Waals surface area (Å²) >= 11 is 0. The molecule has 0 bridgehead atoms. The van der Waals surface area contributed by atoms with Crippen molar-refractivity contribution < 1.29 is 10.0 Å². The van der Waals surface area contributed by atoms with Gasteiger partial charge in [-0.25, -0.2) is 4.68 Å². The van der Waals surface area contributed by atoms with Crippen molar-refractivity contribution in [2.24, 2.45) is 5.92 Å². The maximum absolute atomic E-state index is 11.3. The molecule has 1 aliphatic carbocycles. The molecule has 0 radical (unpaired) electrons. The fraction of sp³-hybridized carbons (Fsp3) is 0.769. The van der Waals surface area contributed by atoms with Crippen LogP contribution in [0.5, 0.6) is 0 Å². The summed E-state index contributed by atoms with van der Waals surface area (Å²) in [6.07, 6.45) is 3.01. The summed E-state index contributed by atoms with van der Waals surface area (Å²) in [6.45, 7) is 5.30. The second-order valence-corrected chi connectivity index (χ2v) is 5.97. The molecule has 3 rings (SSSR count). The summed E-state index contributed by atoms with van der Waals surface area (Å²) in [4.78, 5) is 12.8. The average molecular weight is 280 g/mol. The number of aryl methyl sites for hydroxylation is 2. The van der Waals surface area contributed by atoms with E-state index in [0.717, 1.165) is 19.3 Å². The molecule has 7 nitrogen and oxygen atoms in total. The molecule has 2 aliphatic rings. The van der Waals surface area contributed by atoms with E-state index in [4.69, 9.17) is 0 Å². The molecule has 0 amide bonds. The molecule has 110 valence electrons. The van der Waals surface area contributed by atoms with E-state index in [9.17, 15) is 15.2 Å². The third-order valence-electron chi connectivity index (χ3n) is 4.25. The van der Waals surface area contributed by atoms with Crippen LogP contribution in [0, 0.1) is 23.0 Å². The van der Waals surface area contributed by atoms with Gasteiger partial charge in [0.1, 0.15) is 11.3 Å². The zero-order valence-corrected chi connectivity index (χ0v) is 11.9. The molecule has 1 saturated heterocycles. The van der Waals surface area contributed by atoms with Crippen LogP contribution < -0.4 is 4.90 Å². The lowest BCUT2D eigenvalue weighted by atomic mass is 9.88. The highest BCUT2D eigenvalue weighted by molar-refractivity contribution is 5.63. The second kappa shape index (κ2) is 4.44. The second-order valence-electron chi connectivity index (χ2n) is 5.97. The number of hydrogen-bond donors (Lipinski definition) is 1. The molecule has 1 aromatic heterocycles. The SMILES string of the molecule is CCCn1nc(C)c([N+](=O)[O-])c1N1CC(O)(C2CC2)C1. The van der Waals surface area contributed by atoms with Gasteiger partial charge in [0.2, 0.25) is 5.82 Å². The number of rotatable bonds is 5. The van der Waals surface area contributed by atoms with Crippen molar-refractivity contribution in [2.45, 2.75) is 45.3 Å². The first-order valence-electron chi connectivity index (χ1n) is 7.15. The van der Waals surface area contributed by atoms with Crippen molar-refractivity contribution in [3.8, 4) is 0 Å². The van der Waals surface area contributed by atoms with E-state index in [2.05, 4.69) is 5.10 Å². The van der Waals surface area contributed by atoms with Crippen molar-refractivity contribution in [3.63, 3.8) is 0 Å². The Morgan fingerprint density at radius 2 is 2.15 bits per heavy atom. The minimum Gasteiger partial charge on any atom is -0.386 e. The van der Waals surface area contributed by atoms with Gasteiger partial charge in [-0.3, -0.25) is 10.1 Å². The Morgan fingerprint density at radius 3 is 2.65 bits per heavy atom. The van der Waals surface area contributed by atoms with Crippen LogP contribution in [0.25, 0.3) is 0 Å². The first-order chi connectivity index (χ1) is 9.46. The molecular weight excluding hydrogens is 260 g/mol. The summed E-state index contributed by atoms with van der Waals surface area (Å²) in [7, 11) is 0. The van der Waals surface area contributed by atoms with Gasteiger partial charge in [0.15, 0.2) is 0 Å². The molecule has 0 unspecified atom stereocenters. The van der Waals surface area contributed by atoms with Crippen LogP contribution in [0.4, 0.5) is 11.5 Å². The third kappa shape index (κ3) is 1.96. The molecule has 2 heterocycles. The Balaban J connectivity index is 1.89. The van der Waals surface area contributed by atoms with Crippen LogP contribution in [0.1, 0.15) is 31.9 Å². The summed E-state index contributed by atoms with van der Waals surface area (Å²) in [5.41, 5.74) is -0.125. The Hall–Kier alpha value is -1.63. The van der Waals surface area contributed by atoms with E-state index in [0.29, 0.717) is 37.1 Å². The van der Waals surface area contributed by atoms with Crippen molar-refractivity contribution >= 4 is 11.5 Å². The van der Waals surface area contributed by atoms with E-state index >= 15 is 0 Å². The van der Waals surface area contributed by atoms with Gasteiger partial charge in [0.05, 0.1) is 18.0 Å². The number of aromatic nitrogens is 2. The van der Waals surface area contributed by atoms with E-state index in [1.807, 2.05) is 11.8 Å². The van der Waals surface area contributed by atoms with Crippen LogP contribution in [-0.2, 0) is 6.54 Å². The predicted molar refractivity (Wildman–Crippen MR) is 73.8 cm³/mol. The van der Waals surface area contributed by atoms with Gasteiger partial charge < -0.3 is 10.0 Å². The monoisotopic (exact) mass is 280 g/mol. The van der Waals surface area contributed by atoms with E-state index in [1.54, 1.807) is 11.6 Å². The molecule has 1 aromatic rings. The summed E-state index contributed by atoms with van der Waals surface area (Å²) in [5, 5.41) is 26.0. The highest BCUT2D eigenvalue weighted by Crippen LogP contribution is 2.47. The quantitative estimate of drug-likeness (QED) is 0.652. The van der Waals surface area contributed by atoms with Gasteiger partial charge in [0, 0.05) is 6.54 Å². The van der Waals surface area contributed by atoms with Crippen LogP contribution >= 0.6 is 0 Å². The van der Waals surface area contributed by atoms with Crippen molar-refractivity contribution in [1.29, 1.82) is 0 Å². The first-order valence-corrected chi connectivity index (χ1v) is 7.15. The molecular formula is C13H20N4O3. The van der Waals surface area contributed by atoms with Gasteiger partial charge in [0.25, 0.3) is 0 Å². The number of nitro groups is 1. The molecule has 0 atom stereocenters. The molecule has 1 aliphatic heterocycles. The molecule has 2 fully saturated rings. The Morgan fingerprint density at radius 1 is 1.50 bits per heavy atom. The van der Waals surface area contributed by atoms with Crippen LogP contribution in [0.2, 0.25) is 0 Å². The Kier molecular flexibility index (Phi) is 2.97. The van der Waals surface area contributed by atoms with Gasteiger partial charge in [-0.1, -0.05) is 6.92 Å². The van der Waals surface area contributed by atoms with E-state index < -0.39 is 5.60 Å². The zero-order valence-electron chi connectivity index (χ0n) is 11.9. The van der Waals surface area contributed by atoms with Gasteiger partial charge >= 0.3 is 5.69 Å². The normalized spacial score (nSPS) is 20.9. The van der Waals surface area contributed by atoms with Gasteiger partial charge in [-0.2, -0.15) is 5.10 Å². The maximum atomic E-state index is 11.3. The number of nitrogens with zero attached hydrogens (tertiary/aromatic N) is 4. The fourth-order valence-corrected chi connectivity index (χ4v) is 3.10. The number of aliphatic hydroxyl groups is 1. The molecule has 0 spiro atoms. The first kappa shape index (κ1) is 13.4. The topological polar surface area (TPSA) is 84.4 Å². The minimum absolute atomic E-state index is 0.0799. The lowest BCUT2D eigenvalue weighted by Gasteiger charge is -2.47. The van der Waals surface area contributed by atoms with Crippen LogP contribution in [0.3, 0.4) is 0 Å². The van der Waals surface area contributed by atoms with Crippen molar-refractivity contribution in [1.82, 2.24) is 9.78 Å². The molecule has 7 heteroatoms. The fourth-order valence-electron chi connectivity index (χ4n) is 3.10. The van der Waals surface area contributed by atoms with Gasteiger partial charge in [-0.15, -0.1) is 0 Å². The number of anilines is 1. The zero-order chi connectivity index (χ0) is 14.5. The molecule has 20 heavy (non-hydrogen) atoms. The van der Waals surface area contributed by atoms with Crippen LogP contribution in [-0.4, -0.2) is 38.5 Å². The summed E-state index contributed by atoms with van der Waals surface area (Å²) < 4.78 is 1.71. The Labute approximate surface area is 117 Å². The molecule has 0 aromatic carbocycles. The number of β-amino-alcohol motifs (C(OH)–C–C–N with tert-alkyl or cyclic N) is 1. The highest BCUT2D eigenvalue weighted by Gasteiger charge is 2.53. The average Bonchev–Trinajstić information content (AvgIpc) is 3.11. The lowest BCUT2D eigenvalue weighted by Crippen LogP contribution is -2.64. The standard InChI is InChI=1S/C13H20N4O3/c1-3-6-16-12(11(17(19)20)9(2)14-16)15-7-13(18,8-15)10-4-5-10/h10,18H,3-8H2,1-2H3. The van der Waals surface area contributed by atoms with Crippen molar-refractivity contribution in [2.75, 3.05) is 18.0 Å². The van der Waals surface area contributed by atoms with Crippen LogP contribution in [0.15, 0.2) is 0 Å². The van der Waals surface area contributed by atoms with E-state index in [-0.39, 0.29) is 10.6 Å². The molecule has 1 N–H and O–H groups in total. The predicted octanol–water partition coefficient (Wildman–Crippen LogP) is 1.47. The maximum Gasteiger partial charge on any atom is 0.333 e. The number of hydrogen-bond acceptors (Lipinski definition) is 5. The Bertz CT molecular complexity index is 544. The van der Waals surface area contributed by atoms with Gasteiger partial charge in [-0.05, 0) is 32.1 Å². The minimum atomic E-state index is -0.650. The largest absolute Gasteiger partial charge is 0.386 e. The highest BCUT2D eigenvalue weighted by atomic mass is 16.6. The molecule has 1 saturated carbocycles. The summed E-state index contributed by atoms with van der Waals surface area (Å²) in [6, 6.07) is 0. The third-order valence-corrected chi connectivity index (χ3v) is 4.25. The summed E-state index contributed by atoms with van der Waals surface area (Å²) in [5.74, 6) is 0.932. The van der Waals surface area contributed by atoms with Crippen molar-refractivity contribution in [3.05, 3.63) is 15.8 Å². The smallest absolute Gasteiger partial charge is 0.333 e. The van der Waals surface area contributed by atoms with E-state index in [1.165, 1.54) is 0 Å².